The average Bonchev–Trinajstić information content (AvgIpc) is 3.42. The third-order valence-corrected chi connectivity index (χ3v) is 7.91. The van der Waals surface area contributed by atoms with Crippen LogP contribution in [-0.2, 0) is 17.6 Å². The molecule has 2 aliphatic heterocycles. The smallest absolute Gasteiger partial charge is 0.273 e. The number of pyridine rings is 1. The molecule has 1 aromatic heterocycles. The van der Waals surface area contributed by atoms with Crippen molar-refractivity contribution in [2.45, 2.75) is 76.5 Å². The first-order valence-corrected chi connectivity index (χ1v) is 13.3. The maximum atomic E-state index is 13.2. The van der Waals surface area contributed by atoms with Gasteiger partial charge >= 0.3 is 0 Å². The van der Waals surface area contributed by atoms with Crippen molar-refractivity contribution in [3.8, 4) is 5.75 Å². The van der Waals surface area contributed by atoms with Crippen LogP contribution in [0.2, 0.25) is 0 Å². The minimum absolute atomic E-state index is 0.0924. The standard InChI is InChI=1S/C29H36N2O5/c1-2-36-28-15-26(29(34)31-22-8-9-23(31)18-35-17-22)30-16-25(28)27(33)12-11-24(32)10-7-19-13-20-5-3-4-6-21(20)14-19/h3-6,15-16,19,22-24,32H,2,7-14,17-18H2,1H3/t22?,23?,24-/m0/s1. The van der Waals surface area contributed by atoms with Gasteiger partial charge in [0, 0.05) is 18.7 Å². The molecule has 2 unspecified atom stereocenters. The molecule has 7 nitrogen and oxygen atoms in total. The van der Waals surface area contributed by atoms with E-state index in [0.29, 0.717) is 55.6 Å². The lowest BCUT2D eigenvalue weighted by Crippen LogP contribution is -2.49. The highest BCUT2D eigenvalue weighted by Gasteiger charge is 2.41. The van der Waals surface area contributed by atoms with Gasteiger partial charge in [-0.1, -0.05) is 24.3 Å². The van der Waals surface area contributed by atoms with Crippen molar-refractivity contribution in [1.82, 2.24) is 9.88 Å². The molecule has 5 rings (SSSR count). The van der Waals surface area contributed by atoms with E-state index in [2.05, 4.69) is 29.2 Å². The molecule has 0 saturated carbocycles. The van der Waals surface area contributed by atoms with Gasteiger partial charge in [0.1, 0.15) is 11.4 Å². The van der Waals surface area contributed by atoms with Crippen molar-refractivity contribution in [1.29, 1.82) is 0 Å². The topological polar surface area (TPSA) is 89.0 Å². The Kier molecular flexibility index (Phi) is 7.67. The molecule has 1 aliphatic carbocycles. The van der Waals surface area contributed by atoms with Gasteiger partial charge in [-0.25, -0.2) is 0 Å². The zero-order valence-corrected chi connectivity index (χ0v) is 21.0. The summed E-state index contributed by atoms with van der Waals surface area (Å²) in [4.78, 5) is 32.5. The van der Waals surface area contributed by atoms with Crippen LogP contribution in [-0.4, -0.2) is 64.7 Å². The van der Waals surface area contributed by atoms with Crippen LogP contribution in [0, 0.1) is 5.92 Å². The first-order valence-electron chi connectivity index (χ1n) is 13.3. The molecule has 3 atom stereocenters. The Morgan fingerprint density at radius 2 is 1.83 bits per heavy atom. The maximum absolute atomic E-state index is 13.2. The Hall–Kier alpha value is -2.77. The number of carbonyl (C=O) groups excluding carboxylic acids is 2. The summed E-state index contributed by atoms with van der Waals surface area (Å²) < 4.78 is 11.3. The van der Waals surface area contributed by atoms with Gasteiger partial charge in [-0.2, -0.15) is 0 Å². The van der Waals surface area contributed by atoms with Gasteiger partial charge in [-0.15, -0.1) is 0 Å². The lowest BCUT2D eigenvalue weighted by atomic mass is 9.95. The summed E-state index contributed by atoms with van der Waals surface area (Å²) in [5.41, 5.74) is 3.51. The number of Topliss-reactive ketones (excluding diaryl/α,β-unsaturated/α-hetero) is 1. The zero-order chi connectivity index (χ0) is 25.1. The number of ketones is 1. The molecule has 7 heteroatoms. The number of ether oxygens (including phenoxy) is 2. The summed E-state index contributed by atoms with van der Waals surface area (Å²) in [5, 5.41) is 10.6. The van der Waals surface area contributed by atoms with Crippen LogP contribution < -0.4 is 4.74 Å². The second-order valence-electron chi connectivity index (χ2n) is 10.4. The Labute approximate surface area is 212 Å². The molecule has 1 N–H and O–H groups in total. The number of hydrogen-bond acceptors (Lipinski definition) is 6. The molecule has 2 bridgehead atoms. The largest absolute Gasteiger partial charge is 0.493 e. The van der Waals surface area contributed by atoms with Gasteiger partial charge in [0.25, 0.3) is 5.91 Å². The number of carbonyl (C=O) groups is 2. The number of morpholine rings is 1. The molecule has 2 aromatic rings. The normalized spacial score (nSPS) is 21.9. The van der Waals surface area contributed by atoms with E-state index >= 15 is 0 Å². The third kappa shape index (κ3) is 5.32. The first kappa shape index (κ1) is 24.9. The van der Waals surface area contributed by atoms with E-state index in [4.69, 9.17) is 9.47 Å². The van der Waals surface area contributed by atoms with E-state index in [1.807, 2.05) is 11.8 Å². The lowest BCUT2D eigenvalue weighted by Gasteiger charge is -2.34. The van der Waals surface area contributed by atoms with Gasteiger partial charge in [0.05, 0.1) is 43.6 Å². The zero-order valence-electron chi connectivity index (χ0n) is 21.0. The maximum Gasteiger partial charge on any atom is 0.273 e. The second kappa shape index (κ2) is 11.1. The van der Waals surface area contributed by atoms with Crippen molar-refractivity contribution in [3.05, 3.63) is 58.9 Å². The van der Waals surface area contributed by atoms with E-state index < -0.39 is 6.10 Å². The number of amides is 1. The average molecular weight is 493 g/mol. The fourth-order valence-corrected chi connectivity index (χ4v) is 5.99. The predicted octanol–water partition coefficient (Wildman–Crippen LogP) is 4.00. The highest BCUT2D eigenvalue weighted by Crippen LogP contribution is 2.32. The number of rotatable bonds is 10. The molecule has 0 spiro atoms. The Morgan fingerprint density at radius 3 is 2.50 bits per heavy atom. The van der Waals surface area contributed by atoms with Crippen LogP contribution in [0.15, 0.2) is 36.5 Å². The number of fused-ring (bicyclic) bond motifs is 3. The van der Waals surface area contributed by atoms with Crippen molar-refractivity contribution < 1.29 is 24.2 Å². The van der Waals surface area contributed by atoms with E-state index in [0.717, 1.165) is 32.1 Å². The van der Waals surface area contributed by atoms with E-state index in [9.17, 15) is 14.7 Å². The summed E-state index contributed by atoms with van der Waals surface area (Å²) in [5.74, 6) is 0.701. The van der Waals surface area contributed by atoms with Crippen LogP contribution in [0.4, 0.5) is 0 Å². The molecule has 0 radical (unpaired) electrons. The SMILES string of the molecule is CCOc1cc(C(=O)N2C3CCC2COC3)ncc1C(=O)CC[C@@H](O)CCC1Cc2ccccc2C1. The van der Waals surface area contributed by atoms with Crippen molar-refractivity contribution in [3.63, 3.8) is 0 Å². The highest BCUT2D eigenvalue weighted by molar-refractivity contribution is 6.00. The summed E-state index contributed by atoms with van der Waals surface area (Å²) in [6.07, 6.45) is 7.25. The Morgan fingerprint density at radius 1 is 1.14 bits per heavy atom. The van der Waals surface area contributed by atoms with Crippen LogP contribution in [0.25, 0.3) is 0 Å². The van der Waals surface area contributed by atoms with Crippen LogP contribution in [0.1, 0.15) is 77.4 Å². The molecular weight excluding hydrogens is 456 g/mol. The summed E-state index contributed by atoms with van der Waals surface area (Å²) in [7, 11) is 0. The Bertz CT molecular complexity index is 1060. The molecule has 3 heterocycles. The lowest BCUT2D eigenvalue weighted by molar-refractivity contribution is -0.00748. The summed E-state index contributed by atoms with van der Waals surface area (Å²) in [6.45, 7) is 3.36. The van der Waals surface area contributed by atoms with E-state index in [1.165, 1.54) is 17.3 Å². The van der Waals surface area contributed by atoms with Gasteiger partial charge in [-0.3, -0.25) is 14.6 Å². The second-order valence-corrected chi connectivity index (χ2v) is 10.4. The minimum atomic E-state index is -0.515. The molecule has 1 aromatic carbocycles. The first-order chi connectivity index (χ1) is 17.5. The highest BCUT2D eigenvalue weighted by atomic mass is 16.5. The number of aromatic nitrogens is 1. The van der Waals surface area contributed by atoms with Gasteiger partial charge in [0.15, 0.2) is 5.78 Å². The van der Waals surface area contributed by atoms with Crippen molar-refractivity contribution >= 4 is 11.7 Å². The van der Waals surface area contributed by atoms with Crippen LogP contribution in [0.3, 0.4) is 0 Å². The molecule has 2 saturated heterocycles. The van der Waals surface area contributed by atoms with Gasteiger partial charge in [-0.05, 0) is 68.9 Å². The molecule has 36 heavy (non-hydrogen) atoms. The van der Waals surface area contributed by atoms with Crippen LogP contribution >= 0.6 is 0 Å². The third-order valence-electron chi connectivity index (χ3n) is 7.91. The van der Waals surface area contributed by atoms with E-state index in [-0.39, 0.29) is 30.2 Å². The molecule has 192 valence electrons. The number of aliphatic hydroxyl groups excluding tert-OH is 1. The van der Waals surface area contributed by atoms with Gasteiger partial charge in [0.2, 0.25) is 0 Å². The van der Waals surface area contributed by atoms with E-state index in [1.54, 1.807) is 6.07 Å². The number of nitrogens with zero attached hydrogens (tertiary/aromatic N) is 2. The Balaban J connectivity index is 1.16. The van der Waals surface area contributed by atoms with Crippen molar-refractivity contribution in [2.24, 2.45) is 5.92 Å². The summed E-state index contributed by atoms with van der Waals surface area (Å²) >= 11 is 0. The monoisotopic (exact) mass is 492 g/mol. The predicted molar refractivity (Wildman–Crippen MR) is 135 cm³/mol. The van der Waals surface area contributed by atoms with Crippen molar-refractivity contribution in [2.75, 3.05) is 19.8 Å². The molecule has 3 aliphatic rings. The van der Waals surface area contributed by atoms with Gasteiger partial charge < -0.3 is 19.5 Å². The number of benzene rings is 1. The van der Waals surface area contributed by atoms with Crippen LogP contribution in [0.5, 0.6) is 5.75 Å². The fraction of sp³-hybridized carbons (Fsp3) is 0.552. The minimum Gasteiger partial charge on any atom is -0.493 e. The molecule has 1 amide bonds. The quantitative estimate of drug-likeness (QED) is 0.505. The number of hydrogen-bond donors (Lipinski definition) is 1. The number of aliphatic hydroxyl groups is 1. The fourth-order valence-electron chi connectivity index (χ4n) is 5.99. The molecule has 2 fully saturated rings. The molecular formula is C29H36N2O5. The summed E-state index contributed by atoms with van der Waals surface area (Å²) in [6, 6.07) is 10.3.